The molecule has 33 heavy (non-hydrogen) atoms. The Labute approximate surface area is 187 Å². The summed E-state index contributed by atoms with van der Waals surface area (Å²) in [5.41, 5.74) is 0.671. The van der Waals surface area contributed by atoms with Gasteiger partial charge in [-0.2, -0.15) is 8.78 Å². The molecule has 1 aliphatic rings. The van der Waals surface area contributed by atoms with Gasteiger partial charge in [-0.05, 0) is 39.3 Å². The average Bonchev–Trinajstić information content (AvgIpc) is 3.48. The van der Waals surface area contributed by atoms with Crippen LogP contribution in [0.5, 0.6) is 0 Å². The van der Waals surface area contributed by atoms with Crippen molar-refractivity contribution in [3.05, 3.63) is 47.4 Å². The number of likely N-dealkylation sites (tertiary alicyclic amines) is 1. The van der Waals surface area contributed by atoms with Gasteiger partial charge in [0.2, 0.25) is 5.89 Å². The molecule has 1 saturated heterocycles. The number of nitrogens with zero attached hydrogens (tertiary/aromatic N) is 6. The fourth-order valence-electron chi connectivity index (χ4n) is 3.49. The summed E-state index contributed by atoms with van der Waals surface area (Å²) in [6, 6.07) is 4.15. The van der Waals surface area contributed by atoms with E-state index < -0.39 is 23.7 Å². The van der Waals surface area contributed by atoms with Gasteiger partial charge in [0.1, 0.15) is 11.4 Å². The van der Waals surface area contributed by atoms with E-state index in [-0.39, 0.29) is 30.0 Å². The third kappa shape index (κ3) is 5.32. The molecule has 9 nitrogen and oxygen atoms in total. The van der Waals surface area contributed by atoms with E-state index in [1.54, 1.807) is 11.1 Å². The maximum absolute atomic E-state index is 14.6. The monoisotopic (exact) mass is 464 g/mol. The van der Waals surface area contributed by atoms with Crippen molar-refractivity contribution in [3.8, 4) is 11.5 Å². The Hall–Kier alpha value is -3.44. The summed E-state index contributed by atoms with van der Waals surface area (Å²) in [6.07, 6.45) is -0.801. The van der Waals surface area contributed by atoms with Crippen LogP contribution in [0, 0.1) is 5.82 Å². The van der Waals surface area contributed by atoms with Gasteiger partial charge in [0.15, 0.2) is 0 Å². The first-order valence-electron chi connectivity index (χ1n) is 10.4. The molecule has 4 rings (SSSR count). The van der Waals surface area contributed by atoms with Gasteiger partial charge in [0.05, 0.1) is 12.2 Å². The van der Waals surface area contributed by atoms with Crippen LogP contribution < -0.4 is 0 Å². The van der Waals surface area contributed by atoms with Crippen LogP contribution in [-0.4, -0.2) is 54.9 Å². The molecule has 0 spiro atoms. The largest absolute Gasteiger partial charge is 0.444 e. The van der Waals surface area contributed by atoms with Crippen molar-refractivity contribution in [2.45, 2.75) is 51.7 Å². The lowest BCUT2D eigenvalue weighted by molar-refractivity contribution is 0.0292. The molecule has 0 bridgehead atoms. The fourth-order valence-corrected chi connectivity index (χ4v) is 3.49. The highest BCUT2D eigenvalue weighted by Crippen LogP contribution is 2.28. The lowest BCUT2D eigenvalue weighted by Crippen LogP contribution is -2.35. The summed E-state index contributed by atoms with van der Waals surface area (Å²) >= 11 is 0. The molecule has 1 atom stereocenters. The van der Waals surface area contributed by atoms with Crippen molar-refractivity contribution in [1.82, 2.24) is 30.1 Å². The van der Waals surface area contributed by atoms with Crippen LogP contribution in [0.4, 0.5) is 18.0 Å². The lowest BCUT2D eigenvalue weighted by Gasteiger charge is -2.24. The Kier molecular flexibility index (Phi) is 6.09. The molecule has 0 N–H and O–H groups in total. The fraction of sp³-hybridized carbons (Fsp3) is 0.476. The molecule has 12 heteroatoms. The van der Waals surface area contributed by atoms with E-state index in [4.69, 9.17) is 9.15 Å². The predicted octanol–water partition coefficient (Wildman–Crippen LogP) is 4.18. The van der Waals surface area contributed by atoms with Crippen LogP contribution in [-0.2, 0) is 11.3 Å². The summed E-state index contributed by atoms with van der Waals surface area (Å²) in [7, 11) is 0. The molecule has 176 valence electrons. The Bertz CT molecular complexity index is 1140. The van der Waals surface area contributed by atoms with E-state index >= 15 is 0 Å². The van der Waals surface area contributed by atoms with E-state index in [0.717, 1.165) is 12.5 Å². The van der Waals surface area contributed by atoms with E-state index in [1.165, 1.54) is 16.8 Å². The predicted molar refractivity (Wildman–Crippen MR) is 109 cm³/mol. The number of alkyl halides is 2. The van der Waals surface area contributed by atoms with Gasteiger partial charge in [0.25, 0.3) is 5.89 Å². The number of hydrogen-bond donors (Lipinski definition) is 0. The molecule has 0 radical (unpaired) electrons. The highest BCUT2D eigenvalue weighted by atomic mass is 19.3. The highest BCUT2D eigenvalue weighted by Gasteiger charge is 2.32. The molecule has 3 heterocycles. The lowest BCUT2D eigenvalue weighted by atomic mass is 10.1. The summed E-state index contributed by atoms with van der Waals surface area (Å²) in [6.45, 7) is 6.61. The minimum Gasteiger partial charge on any atom is -0.444 e. The second-order valence-corrected chi connectivity index (χ2v) is 8.81. The SMILES string of the molecule is CC(C)(C)OC(=O)N1CCC(c2cn(Cc3ccc(-c4nnc(C(F)F)o4)cc3F)nn2)C1. The zero-order valence-electron chi connectivity index (χ0n) is 18.3. The summed E-state index contributed by atoms with van der Waals surface area (Å²) in [5.74, 6) is -1.56. The summed E-state index contributed by atoms with van der Waals surface area (Å²) < 4.78 is 51.6. The van der Waals surface area contributed by atoms with E-state index in [1.807, 2.05) is 20.8 Å². The van der Waals surface area contributed by atoms with Crippen LogP contribution in [0.3, 0.4) is 0 Å². The molecule has 0 aliphatic carbocycles. The topological polar surface area (TPSA) is 99.2 Å². The number of ether oxygens (including phenoxy) is 1. The third-order valence-corrected chi connectivity index (χ3v) is 5.07. The molecule has 1 unspecified atom stereocenters. The minimum absolute atomic E-state index is 0.0139. The van der Waals surface area contributed by atoms with Gasteiger partial charge >= 0.3 is 12.5 Å². The van der Waals surface area contributed by atoms with Crippen molar-refractivity contribution >= 4 is 6.09 Å². The third-order valence-electron chi connectivity index (χ3n) is 5.07. The first kappa shape index (κ1) is 22.7. The Morgan fingerprint density at radius 2 is 2.06 bits per heavy atom. The van der Waals surface area contributed by atoms with Crippen LogP contribution in [0.1, 0.15) is 56.7 Å². The van der Waals surface area contributed by atoms with Gasteiger partial charge in [-0.3, -0.25) is 0 Å². The zero-order chi connectivity index (χ0) is 23.8. The highest BCUT2D eigenvalue weighted by molar-refractivity contribution is 5.68. The van der Waals surface area contributed by atoms with Gasteiger partial charge in [-0.25, -0.2) is 13.9 Å². The Balaban J connectivity index is 1.40. The Morgan fingerprint density at radius 3 is 2.73 bits per heavy atom. The molecule has 1 aromatic carbocycles. The van der Waals surface area contributed by atoms with E-state index in [2.05, 4.69) is 20.5 Å². The Morgan fingerprint density at radius 1 is 1.27 bits per heavy atom. The van der Waals surface area contributed by atoms with Crippen LogP contribution in [0.2, 0.25) is 0 Å². The normalized spacial score (nSPS) is 16.6. The van der Waals surface area contributed by atoms with Crippen LogP contribution in [0.15, 0.2) is 28.8 Å². The summed E-state index contributed by atoms with van der Waals surface area (Å²) in [4.78, 5) is 13.9. The van der Waals surface area contributed by atoms with E-state index in [0.29, 0.717) is 24.3 Å². The van der Waals surface area contributed by atoms with Gasteiger partial charge in [-0.15, -0.1) is 15.3 Å². The first-order chi connectivity index (χ1) is 15.6. The molecule has 0 saturated carbocycles. The number of amides is 1. The van der Waals surface area contributed by atoms with Crippen molar-refractivity contribution in [2.24, 2.45) is 0 Å². The molecular formula is C21H23F3N6O3. The van der Waals surface area contributed by atoms with Gasteiger partial charge in [0, 0.05) is 36.3 Å². The van der Waals surface area contributed by atoms with E-state index in [9.17, 15) is 18.0 Å². The maximum Gasteiger partial charge on any atom is 0.410 e. The molecule has 2 aromatic heterocycles. The molecule has 1 fully saturated rings. The van der Waals surface area contributed by atoms with Crippen molar-refractivity contribution in [1.29, 1.82) is 0 Å². The molecule has 3 aromatic rings. The second kappa shape index (κ2) is 8.83. The first-order valence-corrected chi connectivity index (χ1v) is 10.4. The average molecular weight is 464 g/mol. The smallest absolute Gasteiger partial charge is 0.410 e. The number of benzene rings is 1. The minimum atomic E-state index is -2.90. The molecular weight excluding hydrogens is 441 g/mol. The molecule has 1 aliphatic heterocycles. The zero-order valence-corrected chi connectivity index (χ0v) is 18.3. The van der Waals surface area contributed by atoms with Crippen molar-refractivity contribution in [2.75, 3.05) is 13.1 Å². The number of halogens is 3. The number of rotatable bonds is 5. The molecule has 1 amide bonds. The maximum atomic E-state index is 14.6. The number of carbonyl (C=O) groups is 1. The van der Waals surface area contributed by atoms with Gasteiger partial charge in [-0.1, -0.05) is 11.3 Å². The summed E-state index contributed by atoms with van der Waals surface area (Å²) in [5, 5.41) is 15.0. The second-order valence-electron chi connectivity index (χ2n) is 8.81. The quantitative estimate of drug-likeness (QED) is 0.559. The number of hydrogen-bond acceptors (Lipinski definition) is 7. The standard InChI is InChI=1S/C21H23F3N6O3/c1-21(2,3)33-20(31)29-7-6-14(9-29)16-11-30(28-25-16)10-13-5-4-12(8-15(13)22)18-26-27-19(32-18)17(23)24/h4-5,8,11,14,17H,6-7,9-10H2,1-3H3. The van der Waals surface area contributed by atoms with Crippen LogP contribution in [0.25, 0.3) is 11.5 Å². The number of aromatic nitrogens is 5. The van der Waals surface area contributed by atoms with Gasteiger partial charge < -0.3 is 14.1 Å². The van der Waals surface area contributed by atoms with Crippen LogP contribution >= 0.6 is 0 Å². The number of carbonyl (C=O) groups excluding carboxylic acids is 1. The van der Waals surface area contributed by atoms with Crippen molar-refractivity contribution < 1.29 is 27.1 Å². The van der Waals surface area contributed by atoms with Crippen molar-refractivity contribution in [3.63, 3.8) is 0 Å².